The molecule has 22 heavy (non-hydrogen) atoms. The number of hydrogen-bond acceptors (Lipinski definition) is 5. The second kappa shape index (κ2) is 6.23. The predicted molar refractivity (Wildman–Crippen MR) is 85.4 cm³/mol. The van der Waals surface area contributed by atoms with Crippen molar-refractivity contribution in [2.45, 2.75) is 37.8 Å². The van der Waals surface area contributed by atoms with Crippen LogP contribution in [0.5, 0.6) is 11.5 Å². The number of nitrogens with one attached hydrogen (secondary N) is 1. The van der Waals surface area contributed by atoms with Gasteiger partial charge >= 0.3 is 0 Å². The molecular formula is C14H21ClN2O4S. The van der Waals surface area contributed by atoms with Gasteiger partial charge in [-0.1, -0.05) is 0 Å². The lowest BCUT2D eigenvalue weighted by Crippen LogP contribution is -2.57. The van der Waals surface area contributed by atoms with E-state index in [9.17, 15) is 8.42 Å². The number of nitrogens with zero attached hydrogens (tertiary/aromatic N) is 1. The fourth-order valence-electron chi connectivity index (χ4n) is 2.79. The van der Waals surface area contributed by atoms with Gasteiger partial charge in [-0.2, -0.15) is 4.31 Å². The van der Waals surface area contributed by atoms with Crippen LogP contribution in [0.15, 0.2) is 17.0 Å². The molecule has 0 aliphatic carbocycles. The Kier molecular flexibility index (Phi) is 4.91. The molecule has 0 radical (unpaired) electrons. The molecule has 1 aromatic rings. The Labute approximate surface area is 137 Å². The van der Waals surface area contributed by atoms with Crippen molar-refractivity contribution >= 4 is 22.4 Å². The first-order valence-electron chi connectivity index (χ1n) is 7.07. The molecule has 1 fully saturated rings. The molecule has 0 amide bonds. The summed E-state index contributed by atoms with van der Waals surface area (Å²) in [5, 5.41) is 3.29. The van der Waals surface area contributed by atoms with Crippen LogP contribution in [-0.2, 0) is 10.0 Å². The van der Waals surface area contributed by atoms with Gasteiger partial charge in [0.05, 0.1) is 4.90 Å². The molecule has 0 spiro atoms. The summed E-state index contributed by atoms with van der Waals surface area (Å²) in [4.78, 5) is 0.299. The van der Waals surface area contributed by atoms with Crippen LogP contribution in [0.3, 0.4) is 0 Å². The van der Waals surface area contributed by atoms with Gasteiger partial charge in [0.15, 0.2) is 11.5 Å². The first-order chi connectivity index (χ1) is 9.91. The molecule has 2 atom stereocenters. The summed E-state index contributed by atoms with van der Waals surface area (Å²) in [6, 6.07) is 3.34. The molecule has 3 rings (SSSR count). The van der Waals surface area contributed by atoms with Crippen molar-refractivity contribution in [3.05, 3.63) is 17.7 Å². The van der Waals surface area contributed by atoms with Gasteiger partial charge in [-0.05, 0) is 32.4 Å². The number of piperazine rings is 1. The maximum Gasteiger partial charge on any atom is 0.243 e. The molecule has 0 saturated carbocycles. The van der Waals surface area contributed by atoms with Gasteiger partial charge in [-0.25, -0.2) is 8.42 Å². The summed E-state index contributed by atoms with van der Waals surface area (Å²) in [5.74, 6) is 1.10. The molecule has 0 aromatic heterocycles. The second-order valence-corrected chi connectivity index (χ2v) is 7.43. The summed E-state index contributed by atoms with van der Waals surface area (Å²) in [6.45, 7) is 6.98. The summed E-state index contributed by atoms with van der Waals surface area (Å²) >= 11 is 0. The van der Waals surface area contributed by atoms with Gasteiger partial charge in [-0.15, -0.1) is 12.4 Å². The number of benzene rings is 1. The third-order valence-electron chi connectivity index (χ3n) is 4.23. The van der Waals surface area contributed by atoms with E-state index < -0.39 is 10.0 Å². The Hall–Kier alpha value is -1.02. The van der Waals surface area contributed by atoms with Gasteiger partial charge in [0.25, 0.3) is 0 Å². The Morgan fingerprint density at radius 1 is 1.23 bits per heavy atom. The molecule has 8 heteroatoms. The van der Waals surface area contributed by atoms with Gasteiger partial charge in [0.1, 0.15) is 0 Å². The average molecular weight is 349 g/mol. The van der Waals surface area contributed by atoms with Gasteiger partial charge in [-0.3, -0.25) is 0 Å². The van der Waals surface area contributed by atoms with Crippen molar-refractivity contribution in [1.29, 1.82) is 0 Å². The van der Waals surface area contributed by atoms with Gasteiger partial charge in [0, 0.05) is 31.2 Å². The second-order valence-electron chi connectivity index (χ2n) is 5.57. The number of rotatable bonds is 2. The van der Waals surface area contributed by atoms with E-state index in [-0.39, 0.29) is 31.3 Å². The minimum absolute atomic E-state index is 0. The highest BCUT2D eigenvalue weighted by atomic mass is 35.5. The van der Waals surface area contributed by atoms with Crippen LogP contribution in [0.4, 0.5) is 0 Å². The van der Waals surface area contributed by atoms with Crippen LogP contribution in [-0.4, -0.2) is 44.7 Å². The van der Waals surface area contributed by atoms with Crippen molar-refractivity contribution in [3.8, 4) is 11.5 Å². The number of halogens is 1. The van der Waals surface area contributed by atoms with E-state index in [2.05, 4.69) is 5.32 Å². The summed E-state index contributed by atoms with van der Waals surface area (Å²) in [5.41, 5.74) is 0.678. The molecule has 0 bridgehead atoms. The first kappa shape index (κ1) is 17.3. The zero-order valence-electron chi connectivity index (χ0n) is 12.8. The Morgan fingerprint density at radius 3 is 2.55 bits per heavy atom. The van der Waals surface area contributed by atoms with Gasteiger partial charge < -0.3 is 14.8 Å². The lowest BCUT2D eigenvalue weighted by Gasteiger charge is -2.37. The number of sulfonamides is 1. The lowest BCUT2D eigenvalue weighted by molar-refractivity contribution is 0.174. The summed E-state index contributed by atoms with van der Waals surface area (Å²) < 4.78 is 38.1. The standard InChI is InChI=1S/C14H20N2O4S.ClH/c1-9-6-12-13(20-8-19-12)7-14(9)21(17,18)16-5-4-15-10(2)11(16)3;/h6-7,10-11,15H,4-5,8H2,1-3H3;1H. The topological polar surface area (TPSA) is 67.9 Å². The maximum atomic E-state index is 13.0. The molecule has 2 aliphatic heterocycles. The van der Waals surface area contributed by atoms with E-state index in [1.165, 1.54) is 0 Å². The Morgan fingerprint density at radius 2 is 1.86 bits per heavy atom. The highest BCUT2D eigenvalue weighted by Crippen LogP contribution is 2.37. The van der Waals surface area contributed by atoms with Crippen LogP contribution in [0.2, 0.25) is 0 Å². The minimum Gasteiger partial charge on any atom is -0.454 e. The largest absolute Gasteiger partial charge is 0.454 e. The van der Waals surface area contributed by atoms with Gasteiger partial charge in [0.2, 0.25) is 16.8 Å². The Balaban J connectivity index is 0.00000176. The van der Waals surface area contributed by atoms with E-state index in [1.807, 2.05) is 13.8 Å². The number of fused-ring (bicyclic) bond motifs is 1. The molecular weight excluding hydrogens is 328 g/mol. The third kappa shape index (κ3) is 2.78. The van der Waals surface area contributed by atoms with Crippen molar-refractivity contribution in [2.75, 3.05) is 19.9 Å². The monoisotopic (exact) mass is 348 g/mol. The SMILES string of the molecule is Cc1cc2c(cc1S(=O)(=O)N1CCNC(C)C1C)OCO2.Cl. The van der Waals surface area contributed by atoms with E-state index in [0.717, 1.165) is 0 Å². The van der Waals surface area contributed by atoms with Crippen LogP contribution >= 0.6 is 12.4 Å². The minimum atomic E-state index is -3.54. The lowest BCUT2D eigenvalue weighted by atomic mass is 10.1. The fraction of sp³-hybridized carbons (Fsp3) is 0.571. The number of ether oxygens (including phenoxy) is 2. The highest BCUT2D eigenvalue weighted by molar-refractivity contribution is 7.89. The van der Waals surface area contributed by atoms with E-state index in [4.69, 9.17) is 9.47 Å². The molecule has 1 N–H and O–H groups in total. The molecule has 124 valence electrons. The van der Waals surface area contributed by atoms with Crippen LogP contribution in [0.25, 0.3) is 0 Å². The smallest absolute Gasteiger partial charge is 0.243 e. The zero-order valence-corrected chi connectivity index (χ0v) is 14.5. The van der Waals surface area contributed by atoms with E-state index in [0.29, 0.717) is 35.0 Å². The quantitative estimate of drug-likeness (QED) is 0.877. The predicted octanol–water partition coefficient (Wildman–Crippen LogP) is 1.52. The summed E-state index contributed by atoms with van der Waals surface area (Å²) in [7, 11) is -3.54. The normalized spacial score (nSPS) is 24.9. The zero-order chi connectivity index (χ0) is 15.2. The Bertz CT molecular complexity index is 665. The van der Waals surface area contributed by atoms with E-state index in [1.54, 1.807) is 23.4 Å². The average Bonchev–Trinajstić information content (AvgIpc) is 2.87. The van der Waals surface area contributed by atoms with Crippen molar-refractivity contribution in [3.63, 3.8) is 0 Å². The molecule has 2 heterocycles. The first-order valence-corrected chi connectivity index (χ1v) is 8.51. The molecule has 2 unspecified atom stereocenters. The molecule has 6 nitrogen and oxygen atoms in total. The highest BCUT2D eigenvalue weighted by Gasteiger charge is 2.36. The van der Waals surface area contributed by atoms with Crippen molar-refractivity contribution in [1.82, 2.24) is 9.62 Å². The third-order valence-corrected chi connectivity index (χ3v) is 6.36. The molecule has 2 aliphatic rings. The maximum absolute atomic E-state index is 13.0. The van der Waals surface area contributed by atoms with Crippen LogP contribution in [0.1, 0.15) is 19.4 Å². The number of hydrogen-bond donors (Lipinski definition) is 1. The fourth-order valence-corrected chi connectivity index (χ4v) is 4.72. The molecule has 1 saturated heterocycles. The van der Waals surface area contributed by atoms with Crippen LogP contribution < -0.4 is 14.8 Å². The molecule has 1 aromatic carbocycles. The summed E-state index contributed by atoms with van der Waals surface area (Å²) in [6.07, 6.45) is 0. The number of aryl methyl sites for hydroxylation is 1. The van der Waals surface area contributed by atoms with E-state index >= 15 is 0 Å². The van der Waals surface area contributed by atoms with Crippen LogP contribution in [0, 0.1) is 6.92 Å². The van der Waals surface area contributed by atoms with Crippen molar-refractivity contribution in [2.24, 2.45) is 0 Å². The van der Waals surface area contributed by atoms with Crippen molar-refractivity contribution < 1.29 is 17.9 Å².